The monoisotopic (exact) mass is 1620 g/mol. The van der Waals surface area contributed by atoms with Crippen LogP contribution in [-0.2, 0) is 9.98 Å². The van der Waals surface area contributed by atoms with Gasteiger partial charge in [-0.25, -0.2) is 0 Å². The Kier molecular flexibility index (Phi) is 19.2. The Morgan fingerprint density at radius 2 is 0.543 bits per heavy atom. The van der Waals surface area contributed by atoms with E-state index in [1.165, 1.54) is 116 Å². The topological polar surface area (TPSA) is 30.0 Å². The van der Waals surface area contributed by atoms with Crippen molar-refractivity contribution in [2.45, 2.75) is 120 Å². The van der Waals surface area contributed by atoms with Crippen molar-refractivity contribution in [3.8, 4) is 11.1 Å². The number of anilines is 8. The first-order valence-corrected chi connectivity index (χ1v) is 49.6. The van der Waals surface area contributed by atoms with Crippen LogP contribution in [0.5, 0.6) is 0 Å². The number of fused-ring (bicyclic) bond motifs is 21. The third-order valence-corrected chi connectivity index (χ3v) is 43.6. The number of hydrogen-bond donors (Lipinski definition) is 0. The van der Waals surface area contributed by atoms with Crippen molar-refractivity contribution in [1.29, 1.82) is 0 Å². The minimum absolute atomic E-state index is 0.0140. The van der Waals surface area contributed by atoms with E-state index in [4.69, 9.17) is 0 Å². The molecule has 0 atom stereocenters. The molecule has 0 radical (unpaired) electrons. The molecule has 0 unspecified atom stereocenters. The smallest absolute Gasteiger partial charge is 0.185 e. The first-order chi connectivity index (χ1) is 56.0. The molecule has 0 fully saturated rings. The molecule has 5 nitrogen and oxygen atoms in total. The van der Waals surface area contributed by atoms with Crippen LogP contribution in [0.4, 0.5) is 45.5 Å². The van der Waals surface area contributed by atoms with Gasteiger partial charge >= 0.3 is 183 Å². The average molecular weight is 1620 g/mol. The number of para-hydroxylation sites is 8. The summed E-state index contributed by atoms with van der Waals surface area (Å²) in [5.74, 6) is 0. The van der Waals surface area contributed by atoms with E-state index in [-0.39, 0.29) is 27.6 Å². The fourth-order valence-electron chi connectivity index (χ4n) is 20.2. The van der Waals surface area contributed by atoms with Gasteiger partial charge in [0.1, 0.15) is 0 Å². The normalized spacial score (nSPS) is 15.3. The molecule has 0 bridgehead atoms. The van der Waals surface area contributed by atoms with Gasteiger partial charge in [-0.3, -0.25) is 0 Å². The van der Waals surface area contributed by atoms with Gasteiger partial charge in [0.15, 0.2) is 15.2 Å². The molecule has 0 aromatic heterocycles. The van der Waals surface area contributed by atoms with E-state index in [9.17, 15) is 4.57 Å². The van der Waals surface area contributed by atoms with Gasteiger partial charge in [0, 0.05) is 65.1 Å². The summed E-state index contributed by atoms with van der Waals surface area (Å²) in [6.07, 6.45) is 0. The molecule has 9 heteroatoms. The van der Waals surface area contributed by atoms with Crippen molar-refractivity contribution in [1.82, 2.24) is 0 Å². The summed E-state index contributed by atoms with van der Waals surface area (Å²) in [5, 5.41) is 8.82. The Morgan fingerprint density at radius 1 is 0.267 bits per heavy atom. The van der Waals surface area contributed by atoms with Gasteiger partial charge in [-0.1, -0.05) is 224 Å². The maximum atomic E-state index is 14.5. The first-order valence-electron chi connectivity index (χ1n) is 40.9. The van der Waals surface area contributed by atoms with E-state index in [1.54, 1.807) is 0 Å². The molecule has 2 spiro atoms. The van der Waals surface area contributed by atoms with Crippen molar-refractivity contribution in [2.24, 2.45) is 0 Å². The van der Waals surface area contributed by atoms with Crippen LogP contribution in [0.15, 0.2) is 392 Å². The second-order valence-electron chi connectivity index (χ2n) is 35.2. The predicted octanol–water partition coefficient (Wildman–Crippen LogP) is 21.0. The molecule has 15 aromatic rings. The zero-order valence-corrected chi connectivity index (χ0v) is 73.2. The Bertz CT molecular complexity index is 5860. The first kappa shape index (κ1) is 76.2. The van der Waals surface area contributed by atoms with Gasteiger partial charge in [0.2, 0.25) is 0 Å². The summed E-state index contributed by atoms with van der Waals surface area (Å²) >= 11 is -1.27. The molecule has 0 saturated carbocycles. The van der Waals surface area contributed by atoms with Crippen molar-refractivity contribution in [2.75, 3.05) is 19.6 Å². The van der Waals surface area contributed by atoms with Crippen molar-refractivity contribution >= 4 is 140 Å². The quantitative estimate of drug-likeness (QED) is 0.129. The summed E-state index contributed by atoms with van der Waals surface area (Å²) in [5.41, 5.74) is 17.9. The van der Waals surface area contributed by atoms with E-state index in [0.29, 0.717) is 0 Å². The van der Waals surface area contributed by atoms with E-state index in [2.05, 4.69) is 418 Å². The summed E-state index contributed by atoms with van der Waals surface area (Å²) in [7, 11) is -5.26. The Labute approximate surface area is 694 Å². The van der Waals surface area contributed by atoms with E-state index < -0.39 is 28.5 Å². The van der Waals surface area contributed by atoms with Crippen LogP contribution < -0.4 is 73.8 Å². The molecule has 0 aliphatic carbocycles. The van der Waals surface area contributed by atoms with E-state index in [0.717, 1.165) is 27.3 Å². The number of benzene rings is 15. The predicted molar refractivity (Wildman–Crippen MR) is 501 cm³/mol. The maximum absolute atomic E-state index is 14.5. The van der Waals surface area contributed by atoms with Gasteiger partial charge < -0.3 is 19.3 Å². The zero-order chi connectivity index (χ0) is 80.2. The van der Waals surface area contributed by atoms with Gasteiger partial charge in [0.25, 0.3) is 0 Å². The fraction of sp³-hybridized carbons (Fsp3) is 0.159. The molecule has 6 heterocycles. The molecule has 21 rings (SSSR count). The SMILES string of the molecule is CC(C)(C)N1c2cccc[c]2[Ge]([c]2ccccc2)([c]2ccccc2)[c]2ccccc21.CC(C)(C)N1c2ccccc2C2(c3ccccc3Sc3ccccc32)c2ccccc21.CC(C)(C)N1c2ccccc2P(=O)(c2ccccc2)c2ccccc21.CC(C)(C)N1c2ccccc2[Si]2(c3ccccc3-c3ccccc32)c2ccccc21. The second kappa shape index (κ2) is 29.2. The van der Waals surface area contributed by atoms with Crippen LogP contribution in [0.3, 0.4) is 0 Å². The minimum Gasteiger partial charge on any atom is -0.336 e. The summed E-state index contributed by atoms with van der Waals surface area (Å²) in [4.78, 5) is 12.6. The van der Waals surface area contributed by atoms with Crippen molar-refractivity contribution in [3.05, 3.63) is 404 Å². The third kappa shape index (κ3) is 11.9. The zero-order valence-electron chi connectivity index (χ0n) is 68.4. The standard InChI is InChI=1S/C29H25NS.C28H27GeN.C28H25NSi.C22H22NOP/c1-28(2,3)30-24-16-8-4-12-20(24)29(21-13-5-9-17-25(21)30)22-14-6-10-18-26(22)31-27-19-11-7-15-23(27)29;1-28(2,3)30-26-20-12-10-18-24(26)29(22-14-6-4-7-15-22,23-16-8-5-9-17-23)25-19-11-13-21-27(25)30;1-28(2,3)29-22-14-6-10-18-26(22)30(27-19-11-7-15-23(27)29)24-16-8-4-12-20(24)21-13-5-9-17-25(21)30;1-22(2,3)23-18-13-7-9-15-20(18)25(24,17-11-5-4-6-12-17)21-16-10-8-14-19(21)23/h4-19H,1-3H3;4-21H,1-3H3;4-19H,1-3H3;4-16H,1-3H3. The van der Waals surface area contributed by atoms with Crippen LogP contribution in [-0.4, -0.2) is 43.5 Å². The molecule has 0 saturated heterocycles. The molecule has 572 valence electrons. The van der Waals surface area contributed by atoms with Crippen LogP contribution >= 0.6 is 18.9 Å². The van der Waals surface area contributed by atoms with Crippen LogP contribution in [0.1, 0.15) is 105 Å². The van der Waals surface area contributed by atoms with Gasteiger partial charge in [-0.2, -0.15) is 0 Å². The fourth-order valence-corrected chi connectivity index (χ4v) is 40.6. The molecule has 6 aliphatic rings. The van der Waals surface area contributed by atoms with Crippen LogP contribution in [0, 0.1) is 0 Å². The molecular weight excluding hydrogens is 1520 g/mol. The second-order valence-corrected chi connectivity index (χ2v) is 50.5. The van der Waals surface area contributed by atoms with E-state index in [1.807, 2.05) is 78.5 Å². The molecule has 116 heavy (non-hydrogen) atoms. The summed E-state index contributed by atoms with van der Waals surface area (Å²) in [6, 6.07) is 139. The van der Waals surface area contributed by atoms with Gasteiger partial charge in [-0.05, 0) is 177 Å². The summed E-state index contributed by atoms with van der Waals surface area (Å²) in [6.45, 7) is 27.4. The minimum atomic E-state index is -3.16. The third-order valence-electron chi connectivity index (χ3n) is 24.2. The van der Waals surface area contributed by atoms with Crippen LogP contribution in [0.2, 0.25) is 0 Å². The van der Waals surface area contributed by atoms with Crippen molar-refractivity contribution in [3.63, 3.8) is 0 Å². The summed E-state index contributed by atoms with van der Waals surface area (Å²) < 4.78 is 20.5. The number of hydrogen-bond acceptors (Lipinski definition) is 6. The Hall–Kier alpha value is -11.2. The molecule has 0 amide bonds. The van der Waals surface area contributed by atoms with Gasteiger partial charge in [-0.15, -0.1) is 0 Å². The molecule has 6 aliphatic heterocycles. The van der Waals surface area contributed by atoms with E-state index >= 15 is 0 Å². The number of nitrogens with zero attached hydrogens (tertiary/aromatic N) is 4. The Balaban J connectivity index is 0.000000107. The average Bonchev–Trinajstić information content (AvgIpc) is 1.46. The largest absolute Gasteiger partial charge is 0.336 e. The Morgan fingerprint density at radius 3 is 0.948 bits per heavy atom. The number of rotatable bonds is 3. The van der Waals surface area contributed by atoms with Gasteiger partial charge in [0.05, 0.1) is 16.8 Å². The maximum Gasteiger partial charge on any atom is 0.185 e. The molecule has 0 N–H and O–H groups in total. The van der Waals surface area contributed by atoms with Crippen molar-refractivity contribution < 1.29 is 4.57 Å². The molecule has 15 aromatic carbocycles. The van der Waals surface area contributed by atoms with Crippen LogP contribution in [0.25, 0.3) is 11.1 Å². The molecular formula is C107H99GeN4OPSSi.